The number of imidazole rings is 1. The number of nitrogens with zero attached hydrogens (tertiary/aromatic N) is 2. The van der Waals surface area contributed by atoms with Crippen molar-refractivity contribution in [2.45, 2.75) is 13.5 Å². The quantitative estimate of drug-likeness (QED) is 0.615. The highest BCUT2D eigenvalue weighted by molar-refractivity contribution is 14.1. The molecule has 2 heterocycles. The number of allylic oxidation sites excluding steroid dienone is 1. The molecule has 5 nitrogen and oxygen atoms in total. The van der Waals surface area contributed by atoms with Gasteiger partial charge in [-0.3, -0.25) is 4.57 Å². The predicted molar refractivity (Wildman–Crippen MR) is 60.9 cm³/mol. The summed E-state index contributed by atoms with van der Waals surface area (Å²) in [5.41, 5.74) is 0.284. The van der Waals surface area contributed by atoms with Crippen LogP contribution in [0.5, 0.6) is 6.01 Å². The Labute approximate surface area is 100 Å². The molecular weight excluding hydrogens is 311 g/mol. The van der Waals surface area contributed by atoms with Crippen LogP contribution in [0.2, 0.25) is 0 Å². The number of esters is 1. The Kier molecular flexibility index (Phi) is 2.94. The van der Waals surface area contributed by atoms with E-state index in [0.29, 0.717) is 19.2 Å². The van der Waals surface area contributed by atoms with Gasteiger partial charge in [-0.25, -0.2) is 4.79 Å². The third-order valence-electron chi connectivity index (χ3n) is 1.84. The first-order valence-corrected chi connectivity index (χ1v) is 5.54. The second-order valence-corrected chi connectivity index (χ2v) is 4.33. The van der Waals surface area contributed by atoms with Gasteiger partial charge in [-0.2, -0.15) is 4.98 Å². The lowest BCUT2D eigenvalue weighted by atomic mass is 10.5. The summed E-state index contributed by atoms with van der Waals surface area (Å²) < 4.78 is 12.9. The largest absolute Gasteiger partial charge is 0.461 e. The van der Waals surface area contributed by atoms with Gasteiger partial charge >= 0.3 is 12.0 Å². The Bertz CT molecular complexity index is 425. The van der Waals surface area contributed by atoms with Crippen LogP contribution in [0.15, 0.2) is 16.0 Å². The third-order valence-corrected chi connectivity index (χ3v) is 2.43. The van der Waals surface area contributed by atoms with E-state index >= 15 is 0 Å². The molecule has 1 aromatic rings. The molecule has 1 aliphatic heterocycles. The molecule has 1 aromatic heterocycles. The number of aromatic nitrogens is 2. The average Bonchev–Trinajstić information content (AvgIpc) is 2.60. The van der Waals surface area contributed by atoms with Crippen molar-refractivity contribution in [1.82, 2.24) is 9.55 Å². The number of halogens is 1. The van der Waals surface area contributed by atoms with Gasteiger partial charge in [0.25, 0.3) is 0 Å². The van der Waals surface area contributed by atoms with E-state index in [1.54, 1.807) is 23.9 Å². The zero-order valence-electron chi connectivity index (χ0n) is 8.07. The molecule has 0 amide bonds. The van der Waals surface area contributed by atoms with Crippen molar-refractivity contribution >= 4 is 28.6 Å². The highest BCUT2D eigenvalue weighted by Gasteiger charge is 2.18. The molecule has 0 saturated carbocycles. The summed E-state index contributed by atoms with van der Waals surface area (Å²) in [4.78, 5) is 15.4. The molecule has 0 aromatic carbocycles. The van der Waals surface area contributed by atoms with Crippen molar-refractivity contribution < 1.29 is 14.3 Å². The number of hydrogen-bond donors (Lipinski definition) is 0. The van der Waals surface area contributed by atoms with Crippen molar-refractivity contribution in [2.75, 3.05) is 6.61 Å². The van der Waals surface area contributed by atoms with Gasteiger partial charge in [0, 0.05) is 9.78 Å². The normalized spacial score (nSPS) is 13.9. The Morgan fingerprint density at radius 1 is 1.80 bits per heavy atom. The van der Waals surface area contributed by atoms with Crippen LogP contribution in [0.25, 0.3) is 0 Å². The molecule has 0 atom stereocenters. The van der Waals surface area contributed by atoms with Crippen molar-refractivity contribution in [3.8, 4) is 6.01 Å². The molecule has 15 heavy (non-hydrogen) atoms. The van der Waals surface area contributed by atoms with E-state index in [1.807, 2.05) is 0 Å². The van der Waals surface area contributed by atoms with Crippen LogP contribution >= 0.6 is 22.6 Å². The molecule has 6 heteroatoms. The monoisotopic (exact) mass is 320 g/mol. The van der Waals surface area contributed by atoms with Gasteiger partial charge in [0.1, 0.15) is 6.26 Å². The molecule has 1 aliphatic rings. The number of carbonyl (C=O) groups excluding carboxylic acids is 1. The van der Waals surface area contributed by atoms with Crippen LogP contribution in [0, 0.1) is 0 Å². The van der Waals surface area contributed by atoms with Gasteiger partial charge in [-0.15, -0.1) is 0 Å². The Hall–Kier alpha value is -1.05. The fourth-order valence-electron chi connectivity index (χ4n) is 1.23. The molecule has 2 rings (SSSR count). The summed E-state index contributed by atoms with van der Waals surface area (Å²) in [7, 11) is 0. The zero-order chi connectivity index (χ0) is 10.8. The minimum atomic E-state index is -0.419. The second kappa shape index (κ2) is 4.21. The highest BCUT2D eigenvalue weighted by Crippen LogP contribution is 2.22. The molecule has 0 fully saturated rings. The minimum Gasteiger partial charge on any atom is -0.461 e. The van der Waals surface area contributed by atoms with E-state index in [9.17, 15) is 4.79 Å². The lowest BCUT2D eigenvalue weighted by Crippen LogP contribution is -2.05. The van der Waals surface area contributed by atoms with Crippen LogP contribution in [0.1, 0.15) is 17.4 Å². The van der Waals surface area contributed by atoms with Gasteiger partial charge < -0.3 is 9.47 Å². The topological polar surface area (TPSA) is 53.4 Å². The first-order chi connectivity index (χ1) is 7.20. The number of carbonyl (C=O) groups is 1. The lowest BCUT2D eigenvalue weighted by Gasteiger charge is -2.10. The van der Waals surface area contributed by atoms with Gasteiger partial charge in [0.05, 0.1) is 13.2 Å². The Morgan fingerprint density at radius 2 is 2.60 bits per heavy atom. The van der Waals surface area contributed by atoms with E-state index < -0.39 is 5.97 Å². The molecule has 0 aliphatic carbocycles. The molecule has 0 bridgehead atoms. The molecule has 0 unspecified atom stereocenters. The summed E-state index contributed by atoms with van der Waals surface area (Å²) in [6.07, 6.45) is 3.26. The summed E-state index contributed by atoms with van der Waals surface area (Å²) >= 11 is 2.17. The number of ether oxygens (including phenoxy) is 2. The minimum absolute atomic E-state index is 0.284. The van der Waals surface area contributed by atoms with Crippen molar-refractivity contribution in [1.29, 1.82) is 0 Å². The molecular formula is C9H9IN2O3. The maximum atomic E-state index is 11.4. The molecule has 0 N–H and O–H groups in total. The maximum Gasteiger partial charge on any atom is 0.358 e. The highest BCUT2D eigenvalue weighted by atomic mass is 127. The molecule has 0 spiro atoms. The number of fused-ring (bicyclic) bond motifs is 1. The van der Waals surface area contributed by atoms with E-state index in [4.69, 9.17) is 9.47 Å². The molecule has 0 saturated heterocycles. The smallest absolute Gasteiger partial charge is 0.358 e. The summed E-state index contributed by atoms with van der Waals surface area (Å²) in [5.74, 6) is -0.419. The van der Waals surface area contributed by atoms with Gasteiger partial charge in [0.15, 0.2) is 5.69 Å². The Morgan fingerprint density at radius 3 is 3.33 bits per heavy atom. The maximum absolute atomic E-state index is 11.4. The van der Waals surface area contributed by atoms with Crippen molar-refractivity contribution in [3.63, 3.8) is 0 Å². The first kappa shape index (κ1) is 10.5. The van der Waals surface area contributed by atoms with E-state index in [2.05, 4.69) is 27.6 Å². The van der Waals surface area contributed by atoms with Crippen LogP contribution < -0.4 is 4.74 Å². The van der Waals surface area contributed by atoms with E-state index in [1.165, 1.54) is 0 Å². The van der Waals surface area contributed by atoms with Crippen LogP contribution in [0.3, 0.4) is 0 Å². The first-order valence-electron chi connectivity index (χ1n) is 4.46. The van der Waals surface area contributed by atoms with Crippen LogP contribution in [0.4, 0.5) is 0 Å². The fourth-order valence-corrected chi connectivity index (χ4v) is 1.72. The van der Waals surface area contributed by atoms with Gasteiger partial charge in [-0.05, 0) is 29.5 Å². The Balaban J connectivity index is 2.21. The molecule has 80 valence electrons. The van der Waals surface area contributed by atoms with Crippen molar-refractivity contribution in [2.24, 2.45) is 0 Å². The number of rotatable bonds is 2. The van der Waals surface area contributed by atoms with Gasteiger partial charge in [0.2, 0.25) is 0 Å². The zero-order valence-corrected chi connectivity index (χ0v) is 10.2. The van der Waals surface area contributed by atoms with Crippen LogP contribution in [-0.2, 0) is 11.3 Å². The standard InChI is InChI=1S/C9H9IN2O3/c1-2-14-8(13)7-4-12-3-6(10)5-15-9(12)11-7/h4-5H,2-3H2,1H3. The lowest BCUT2D eigenvalue weighted by molar-refractivity contribution is 0.0519. The number of hydrogen-bond acceptors (Lipinski definition) is 4. The predicted octanol–water partition coefficient (Wildman–Crippen LogP) is 1.73. The van der Waals surface area contributed by atoms with E-state index in [0.717, 1.165) is 3.58 Å². The van der Waals surface area contributed by atoms with Crippen molar-refractivity contribution in [3.05, 3.63) is 21.7 Å². The second-order valence-electron chi connectivity index (χ2n) is 2.94. The summed E-state index contributed by atoms with van der Waals surface area (Å²) in [6, 6.07) is 0.429. The van der Waals surface area contributed by atoms with Crippen LogP contribution in [-0.4, -0.2) is 22.1 Å². The van der Waals surface area contributed by atoms with Gasteiger partial charge in [-0.1, -0.05) is 0 Å². The van der Waals surface area contributed by atoms with E-state index in [-0.39, 0.29) is 5.69 Å². The average molecular weight is 320 g/mol. The summed E-state index contributed by atoms with van der Waals surface area (Å²) in [6.45, 7) is 2.79. The fraction of sp³-hybridized carbons (Fsp3) is 0.333. The SMILES string of the molecule is CCOC(=O)c1cn2c(n1)OC=C(I)C2. The summed E-state index contributed by atoms with van der Waals surface area (Å²) in [5, 5.41) is 0. The third kappa shape index (κ3) is 2.14. The molecule has 0 radical (unpaired) electrons.